The lowest BCUT2D eigenvalue weighted by molar-refractivity contribution is -0.0617. The largest absolute Gasteiger partial charge is 0.393 e. The first-order valence-electron chi connectivity index (χ1n) is 9.71. The highest BCUT2D eigenvalue weighted by atomic mass is 16.3. The molecule has 0 aromatic heterocycles. The van der Waals surface area contributed by atoms with Gasteiger partial charge in [0.15, 0.2) is 0 Å². The zero-order valence-corrected chi connectivity index (χ0v) is 14.5. The fourth-order valence-electron chi connectivity index (χ4n) is 6.56. The molecule has 4 nitrogen and oxygen atoms in total. The molecule has 23 heavy (non-hydrogen) atoms. The molecule has 4 heteroatoms. The first kappa shape index (κ1) is 15.7. The summed E-state index contributed by atoms with van der Waals surface area (Å²) in [6.45, 7) is 0.942. The van der Waals surface area contributed by atoms with Crippen LogP contribution in [0.4, 0.5) is 4.79 Å². The monoisotopic (exact) mass is 320 g/mol. The van der Waals surface area contributed by atoms with Crippen molar-refractivity contribution >= 4 is 6.03 Å². The Hall–Kier alpha value is -0.770. The molecular weight excluding hydrogens is 288 g/mol. The number of hydrogen-bond acceptors (Lipinski definition) is 2. The van der Waals surface area contributed by atoms with Crippen molar-refractivity contribution in [2.45, 2.75) is 76.4 Å². The first-order valence-corrected chi connectivity index (χ1v) is 9.71. The molecule has 5 rings (SSSR count). The maximum atomic E-state index is 12.6. The van der Waals surface area contributed by atoms with Gasteiger partial charge in [-0.1, -0.05) is 0 Å². The lowest BCUT2D eigenvalue weighted by Crippen LogP contribution is -2.53. The predicted octanol–water partition coefficient (Wildman–Crippen LogP) is 3.15. The van der Waals surface area contributed by atoms with Gasteiger partial charge in [-0.25, -0.2) is 4.79 Å². The van der Waals surface area contributed by atoms with Crippen molar-refractivity contribution < 1.29 is 9.90 Å². The van der Waals surface area contributed by atoms with E-state index in [1.807, 2.05) is 11.9 Å². The highest BCUT2D eigenvalue weighted by molar-refractivity contribution is 5.74. The molecule has 4 bridgehead atoms. The van der Waals surface area contributed by atoms with Crippen molar-refractivity contribution in [3.63, 3.8) is 0 Å². The topological polar surface area (TPSA) is 52.6 Å². The first-order chi connectivity index (χ1) is 11.0. The molecule has 0 atom stereocenters. The van der Waals surface area contributed by atoms with E-state index in [9.17, 15) is 9.90 Å². The van der Waals surface area contributed by atoms with E-state index in [-0.39, 0.29) is 18.2 Å². The van der Waals surface area contributed by atoms with Crippen LogP contribution in [0.25, 0.3) is 0 Å². The van der Waals surface area contributed by atoms with Crippen LogP contribution in [0.5, 0.6) is 0 Å². The van der Waals surface area contributed by atoms with Gasteiger partial charge in [0.2, 0.25) is 0 Å². The van der Waals surface area contributed by atoms with Crippen molar-refractivity contribution in [3.05, 3.63) is 0 Å². The van der Waals surface area contributed by atoms with Gasteiger partial charge >= 0.3 is 6.03 Å². The van der Waals surface area contributed by atoms with Gasteiger partial charge in [0.05, 0.1) is 6.10 Å². The molecular formula is C19H32N2O2. The number of aliphatic hydroxyl groups is 1. The van der Waals surface area contributed by atoms with Crippen molar-refractivity contribution in [2.24, 2.45) is 23.2 Å². The van der Waals surface area contributed by atoms with E-state index in [1.54, 1.807) is 0 Å². The number of carbonyl (C=O) groups excluding carboxylic acids is 1. The lowest BCUT2D eigenvalue weighted by Gasteiger charge is -2.57. The SMILES string of the molecule is CN(CC12CC3CC(CC(C3)C1)C2)C(=O)NC1CCC(O)CC1. The van der Waals surface area contributed by atoms with Gasteiger partial charge in [0.1, 0.15) is 0 Å². The van der Waals surface area contributed by atoms with Crippen molar-refractivity contribution in [2.75, 3.05) is 13.6 Å². The molecule has 0 aliphatic heterocycles. The molecule has 2 amide bonds. The normalized spacial score (nSPS) is 45.0. The molecule has 0 aromatic carbocycles. The van der Waals surface area contributed by atoms with Crippen LogP contribution in [0.3, 0.4) is 0 Å². The number of aliphatic hydroxyl groups excluding tert-OH is 1. The highest BCUT2D eigenvalue weighted by Gasteiger charge is 2.51. The summed E-state index contributed by atoms with van der Waals surface area (Å²) in [5.74, 6) is 2.83. The Morgan fingerprint density at radius 2 is 1.57 bits per heavy atom. The Morgan fingerprint density at radius 3 is 2.09 bits per heavy atom. The summed E-state index contributed by atoms with van der Waals surface area (Å²) in [5.41, 5.74) is 0.420. The summed E-state index contributed by atoms with van der Waals surface area (Å²) < 4.78 is 0. The molecule has 0 heterocycles. The second kappa shape index (κ2) is 5.94. The minimum absolute atomic E-state index is 0.0992. The molecule has 5 aliphatic carbocycles. The maximum absolute atomic E-state index is 12.6. The molecule has 0 aromatic rings. The van der Waals surface area contributed by atoms with Crippen LogP contribution in [0, 0.1) is 23.2 Å². The Morgan fingerprint density at radius 1 is 1.04 bits per heavy atom. The van der Waals surface area contributed by atoms with E-state index < -0.39 is 0 Å². The Bertz CT molecular complexity index is 421. The zero-order valence-electron chi connectivity index (χ0n) is 14.5. The van der Waals surface area contributed by atoms with Crippen molar-refractivity contribution in [1.82, 2.24) is 10.2 Å². The smallest absolute Gasteiger partial charge is 0.317 e. The van der Waals surface area contributed by atoms with Crippen LogP contribution < -0.4 is 5.32 Å². The number of hydrogen-bond donors (Lipinski definition) is 2. The van der Waals surface area contributed by atoms with Gasteiger partial charge in [-0.3, -0.25) is 0 Å². The summed E-state index contributed by atoms with van der Waals surface area (Å²) in [4.78, 5) is 14.5. The minimum atomic E-state index is -0.159. The van der Waals surface area contributed by atoms with E-state index in [1.165, 1.54) is 38.5 Å². The zero-order chi connectivity index (χ0) is 16.0. The van der Waals surface area contributed by atoms with Gasteiger partial charge in [-0.15, -0.1) is 0 Å². The minimum Gasteiger partial charge on any atom is -0.393 e. The number of urea groups is 1. The molecule has 130 valence electrons. The average Bonchev–Trinajstić information content (AvgIpc) is 2.47. The third-order valence-electron chi connectivity index (χ3n) is 7.11. The van der Waals surface area contributed by atoms with E-state index in [4.69, 9.17) is 0 Å². The number of rotatable bonds is 3. The Labute approximate surface area is 140 Å². The Kier molecular flexibility index (Phi) is 4.07. The van der Waals surface area contributed by atoms with E-state index in [0.717, 1.165) is 50.0 Å². The molecule has 5 aliphatic rings. The van der Waals surface area contributed by atoms with Gasteiger partial charge in [-0.2, -0.15) is 0 Å². The summed E-state index contributed by atoms with van der Waals surface area (Å²) in [6.07, 6.45) is 11.8. The molecule has 0 saturated heterocycles. The third-order valence-corrected chi connectivity index (χ3v) is 7.11. The fourth-order valence-corrected chi connectivity index (χ4v) is 6.56. The quantitative estimate of drug-likeness (QED) is 0.839. The summed E-state index contributed by atoms with van der Waals surface area (Å²) in [7, 11) is 1.98. The molecule has 5 saturated carbocycles. The van der Waals surface area contributed by atoms with Crippen molar-refractivity contribution in [1.29, 1.82) is 0 Å². The molecule has 0 unspecified atom stereocenters. The van der Waals surface area contributed by atoms with Crippen LogP contribution in [-0.4, -0.2) is 41.8 Å². The molecule has 0 spiro atoms. The molecule has 2 N–H and O–H groups in total. The standard InChI is InChI=1S/C19H32N2O2/c1-21(18(23)20-16-2-4-17(22)5-3-16)12-19-9-13-6-14(10-19)8-15(7-13)11-19/h13-17,22H,2-12H2,1H3,(H,20,23). The number of carbonyl (C=O) groups is 1. The van der Waals surface area contributed by atoms with E-state index in [2.05, 4.69) is 5.32 Å². The number of amides is 2. The molecule has 5 fully saturated rings. The van der Waals surface area contributed by atoms with Crippen molar-refractivity contribution in [3.8, 4) is 0 Å². The van der Waals surface area contributed by atoms with Gasteiger partial charge < -0.3 is 15.3 Å². The summed E-state index contributed by atoms with van der Waals surface area (Å²) in [5, 5.41) is 12.8. The maximum Gasteiger partial charge on any atom is 0.317 e. The number of nitrogens with one attached hydrogen (secondary N) is 1. The second-order valence-corrected chi connectivity index (χ2v) is 9.23. The third kappa shape index (κ3) is 3.24. The molecule has 0 radical (unpaired) electrons. The number of nitrogens with zero attached hydrogens (tertiary/aromatic N) is 1. The second-order valence-electron chi connectivity index (χ2n) is 9.23. The fraction of sp³-hybridized carbons (Fsp3) is 0.947. The highest BCUT2D eigenvalue weighted by Crippen LogP contribution is 2.60. The average molecular weight is 320 g/mol. The van der Waals surface area contributed by atoms with Gasteiger partial charge in [-0.05, 0) is 87.4 Å². The van der Waals surface area contributed by atoms with Crippen LogP contribution >= 0.6 is 0 Å². The lowest BCUT2D eigenvalue weighted by atomic mass is 9.49. The van der Waals surface area contributed by atoms with Crippen LogP contribution in [0.1, 0.15) is 64.2 Å². The van der Waals surface area contributed by atoms with Gasteiger partial charge in [0, 0.05) is 19.6 Å². The van der Waals surface area contributed by atoms with E-state index >= 15 is 0 Å². The van der Waals surface area contributed by atoms with Crippen LogP contribution in [0.2, 0.25) is 0 Å². The summed E-state index contributed by atoms with van der Waals surface area (Å²) in [6, 6.07) is 0.354. The van der Waals surface area contributed by atoms with Gasteiger partial charge in [0.25, 0.3) is 0 Å². The van der Waals surface area contributed by atoms with Crippen LogP contribution in [-0.2, 0) is 0 Å². The summed E-state index contributed by atoms with van der Waals surface area (Å²) >= 11 is 0. The van der Waals surface area contributed by atoms with Crippen LogP contribution in [0.15, 0.2) is 0 Å². The Balaban J connectivity index is 1.32. The van der Waals surface area contributed by atoms with E-state index in [0.29, 0.717) is 5.41 Å². The predicted molar refractivity (Wildman–Crippen MR) is 90.0 cm³/mol.